The van der Waals surface area contributed by atoms with Gasteiger partial charge >= 0.3 is 0 Å². The highest BCUT2D eigenvalue weighted by atomic mass is 19.1. The second-order valence-electron chi connectivity index (χ2n) is 7.73. The number of halogens is 1. The zero-order valence-corrected chi connectivity index (χ0v) is 17.1. The van der Waals surface area contributed by atoms with Crippen molar-refractivity contribution in [2.24, 2.45) is 5.92 Å². The van der Waals surface area contributed by atoms with Crippen molar-refractivity contribution in [2.45, 2.75) is 32.6 Å². The minimum atomic E-state index is -0.452. The number of nitrogens with zero attached hydrogens (tertiary/aromatic N) is 3. The first-order valence-electron chi connectivity index (χ1n) is 9.80. The largest absolute Gasteiger partial charge is 0.489 e. The van der Waals surface area contributed by atoms with E-state index in [9.17, 15) is 9.18 Å². The molecule has 1 fully saturated rings. The van der Waals surface area contributed by atoms with Crippen molar-refractivity contribution in [3.8, 4) is 5.75 Å². The summed E-state index contributed by atoms with van der Waals surface area (Å²) in [5, 5.41) is 2.80. The van der Waals surface area contributed by atoms with Gasteiger partial charge in [-0.3, -0.25) is 4.79 Å². The highest BCUT2D eigenvalue weighted by molar-refractivity contribution is 5.95. The lowest BCUT2D eigenvalue weighted by atomic mass is 9.90. The maximum Gasteiger partial charge on any atom is 0.229 e. The summed E-state index contributed by atoms with van der Waals surface area (Å²) in [4.78, 5) is 25.4. The van der Waals surface area contributed by atoms with Gasteiger partial charge in [-0.05, 0) is 50.5 Å². The van der Waals surface area contributed by atoms with Gasteiger partial charge in [0.15, 0.2) is 5.75 Å². The molecule has 2 heterocycles. The number of ether oxygens (including phenoxy) is 1. The molecule has 6 nitrogen and oxygen atoms in total. The van der Waals surface area contributed by atoms with Gasteiger partial charge in [-0.25, -0.2) is 19.3 Å². The number of rotatable bonds is 6. The van der Waals surface area contributed by atoms with Crippen molar-refractivity contribution in [1.29, 1.82) is 0 Å². The lowest BCUT2D eigenvalue weighted by Crippen LogP contribution is -2.27. The summed E-state index contributed by atoms with van der Waals surface area (Å²) in [6.07, 6.45) is 3.40. The normalized spacial score (nSPS) is 19.9. The number of hydrogen-bond acceptors (Lipinski definition) is 5. The standard InChI is InChI=1S/C23H23FN4O2/c1-14-6-4-5-7-18(14)23(13-30-20-12-25-16(3)27-15(20)2)10-19(23)22(29)28-21-9-8-17(24)11-26-21/h4-9,11-12,19H,10,13H2,1-3H3,(H,26,28,29). The lowest BCUT2D eigenvalue weighted by molar-refractivity contribution is -0.117. The van der Waals surface area contributed by atoms with E-state index in [0.717, 1.165) is 23.0 Å². The van der Waals surface area contributed by atoms with E-state index < -0.39 is 11.2 Å². The quantitative estimate of drug-likeness (QED) is 0.672. The number of amides is 1. The Bertz CT molecular complexity index is 1090. The molecule has 0 aliphatic heterocycles. The van der Waals surface area contributed by atoms with Gasteiger partial charge in [-0.2, -0.15) is 0 Å². The van der Waals surface area contributed by atoms with Crippen molar-refractivity contribution in [2.75, 3.05) is 11.9 Å². The molecule has 3 aromatic rings. The number of carbonyl (C=O) groups excluding carboxylic acids is 1. The monoisotopic (exact) mass is 406 g/mol. The minimum Gasteiger partial charge on any atom is -0.489 e. The molecule has 4 rings (SSSR count). The number of nitrogens with one attached hydrogen (secondary N) is 1. The van der Waals surface area contributed by atoms with Gasteiger partial charge in [-0.1, -0.05) is 24.3 Å². The van der Waals surface area contributed by atoms with Crippen molar-refractivity contribution >= 4 is 11.7 Å². The second-order valence-corrected chi connectivity index (χ2v) is 7.73. The van der Waals surface area contributed by atoms with Gasteiger partial charge in [0, 0.05) is 5.41 Å². The fraction of sp³-hybridized carbons (Fsp3) is 0.304. The van der Waals surface area contributed by atoms with E-state index in [0.29, 0.717) is 30.4 Å². The van der Waals surface area contributed by atoms with Gasteiger partial charge in [0.2, 0.25) is 5.91 Å². The maximum atomic E-state index is 13.1. The van der Waals surface area contributed by atoms with Crippen LogP contribution in [0.25, 0.3) is 0 Å². The zero-order valence-electron chi connectivity index (χ0n) is 17.1. The van der Waals surface area contributed by atoms with Crippen LogP contribution in [-0.4, -0.2) is 27.5 Å². The molecule has 2 aromatic heterocycles. The van der Waals surface area contributed by atoms with Gasteiger partial charge in [-0.15, -0.1) is 0 Å². The molecule has 1 amide bonds. The third-order valence-corrected chi connectivity index (χ3v) is 5.59. The average Bonchev–Trinajstić information content (AvgIpc) is 3.45. The first-order chi connectivity index (χ1) is 14.4. The van der Waals surface area contributed by atoms with E-state index >= 15 is 0 Å². The average molecular weight is 406 g/mol. The molecule has 154 valence electrons. The molecule has 0 saturated heterocycles. The summed E-state index contributed by atoms with van der Waals surface area (Å²) in [6, 6.07) is 10.7. The fourth-order valence-electron chi connectivity index (χ4n) is 3.90. The molecule has 7 heteroatoms. The van der Waals surface area contributed by atoms with Crippen molar-refractivity contribution in [1.82, 2.24) is 15.0 Å². The highest BCUT2D eigenvalue weighted by Crippen LogP contribution is 2.55. The molecule has 1 saturated carbocycles. The van der Waals surface area contributed by atoms with Crippen LogP contribution in [0.3, 0.4) is 0 Å². The number of carbonyl (C=O) groups is 1. The number of benzene rings is 1. The molecule has 0 radical (unpaired) electrons. The van der Waals surface area contributed by atoms with Crippen LogP contribution in [-0.2, 0) is 10.2 Å². The zero-order chi connectivity index (χ0) is 21.3. The SMILES string of the molecule is Cc1ncc(OCC2(c3ccccc3C)CC2C(=O)Nc2ccc(F)cn2)c(C)n1. The second kappa shape index (κ2) is 7.82. The Morgan fingerprint density at radius 3 is 2.67 bits per heavy atom. The number of hydrogen-bond donors (Lipinski definition) is 1. The van der Waals surface area contributed by atoms with Crippen LogP contribution in [0.15, 0.2) is 48.8 Å². The summed E-state index contributed by atoms with van der Waals surface area (Å²) >= 11 is 0. The van der Waals surface area contributed by atoms with Crippen molar-refractivity contribution in [3.05, 3.63) is 77.3 Å². The minimum absolute atomic E-state index is 0.155. The van der Waals surface area contributed by atoms with E-state index in [1.807, 2.05) is 45.0 Å². The molecule has 30 heavy (non-hydrogen) atoms. The number of pyridine rings is 1. The molecule has 1 aromatic carbocycles. The van der Waals surface area contributed by atoms with Crippen LogP contribution in [0.4, 0.5) is 10.2 Å². The van der Waals surface area contributed by atoms with Crippen LogP contribution < -0.4 is 10.1 Å². The first kappa shape index (κ1) is 19.9. The van der Waals surface area contributed by atoms with E-state index in [-0.39, 0.29) is 11.8 Å². The molecular formula is C23H23FN4O2. The smallest absolute Gasteiger partial charge is 0.229 e. The Morgan fingerprint density at radius 2 is 1.97 bits per heavy atom. The number of anilines is 1. The fourth-order valence-corrected chi connectivity index (χ4v) is 3.90. The topological polar surface area (TPSA) is 77.0 Å². The third kappa shape index (κ3) is 3.87. The van der Waals surface area contributed by atoms with E-state index in [4.69, 9.17) is 4.74 Å². The van der Waals surface area contributed by atoms with Crippen LogP contribution in [0.2, 0.25) is 0 Å². The van der Waals surface area contributed by atoms with E-state index in [1.165, 1.54) is 12.1 Å². The van der Waals surface area contributed by atoms with Gasteiger partial charge in [0.1, 0.15) is 17.5 Å². The molecule has 1 aliphatic rings. The molecule has 1 aliphatic carbocycles. The lowest BCUT2D eigenvalue weighted by Gasteiger charge is -2.21. The Labute approximate surface area is 174 Å². The summed E-state index contributed by atoms with van der Waals surface area (Å²) in [5.41, 5.74) is 2.50. The molecule has 0 bridgehead atoms. The van der Waals surface area contributed by atoms with Crippen LogP contribution in [0, 0.1) is 32.5 Å². The highest BCUT2D eigenvalue weighted by Gasteiger charge is 2.60. The molecular weight excluding hydrogens is 383 g/mol. The van der Waals surface area contributed by atoms with Gasteiger partial charge in [0.05, 0.1) is 30.6 Å². The van der Waals surface area contributed by atoms with Crippen LogP contribution in [0.1, 0.15) is 29.1 Å². The van der Waals surface area contributed by atoms with Crippen LogP contribution in [0.5, 0.6) is 5.75 Å². The molecule has 1 N–H and O–H groups in total. The summed E-state index contributed by atoms with van der Waals surface area (Å²) < 4.78 is 19.2. The number of aromatic nitrogens is 3. The summed E-state index contributed by atoms with van der Waals surface area (Å²) in [7, 11) is 0. The van der Waals surface area contributed by atoms with Gasteiger partial charge < -0.3 is 10.1 Å². The summed E-state index contributed by atoms with van der Waals surface area (Å²) in [6.45, 7) is 6.07. The van der Waals surface area contributed by atoms with Gasteiger partial charge in [0.25, 0.3) is 0 Å². The Kier molecular flexibility index (Phi) is 5.20. The van der Waals surface area contributed by atoms with Crippen molar-refractivity contribution in [3.63, 3.8) is 0 Å². The Hall–Kier alpha value is -3.35. The molecule has 2 atom stereocenters. The Balaban J connectivity index is 1.57. The van der Waals surface area contributed by atoms with E-state index in [1.54, 1.807) is 6.20 Å². The first-order valence-corrected chi connectivity index (χ1v) is 9.80. The summed E-state index contributed by atoms with van der Waals surface area (Å²) in [5.74, 6) is 0.743. The predicted octanol–water partition coefficient (Wildman–Crippen LogP) is 3.91. The number of aryl methyl sites for hydroxylation is 3. The van der Waals surface area contributed by atoms with E-state index in [2.05, 4.69) is 20.3 Å². The predicted molar refractivity (Wildman–Crippen MR) is 111 cm³/mol. The van der Waals surface area contributed by atoms with Crippen LogP contribution >= 0.6 is 0 Å². The Morgan fingerprint density at radius 1 is 1.17 bits per heavy atom. The molecule has 2 unspecified atom stereocenters. The third-order valence-electron chi connectivity index (χ3n) is 5.59. The van der Waals surface area contributed by atoms with Crippen molar-refractivity contribution < 1.29 is 13.9 Å². The molecule has 0 spiro atoms. The maximum absolute atomic E-state index is 13.1.